The van der Waals surface area contributed by atoms with Crippen molar-refractivity contribution in [2.24, 2.45) is 0 Å². The Labute approximate surface area is 151 Å². The van der Waals surface area contributed by atoms with Crippen LogP contribution < -0.4 is 0 Å². The van der Waals surface area contributed by atoms with Crippen molar-refractivity contribution < 1.29 is 8.94 Å². The summed E-state index contributed by atoms with van der Waals surface area (Å²) < 4.78 is 11.1. The van der Waals surface area contributed by atoms with Gasteiger partial charge in [-0.3, -0.25) is 0 Å². The van der Waals surface area contributed by atoms with E-state index in [1.807, 2.05) is 39.0 Å². The minimum absolute atomic E-state index is 0.0418. The van der Waals surface area contributed by atoms with E-state index in [2.05, 4.69) is 39.4 Å². The first-order valence-corrected chi connectivity index (χ1v) is 9.28. The maximum atomic E-state index is 5.77. The minimum atomic E-state index is -0.0418. The molecule has 6 nitrogen and oxygen atoms in total. The summed E-state index contributed by atoms with van der Waals surface area (Å²) in [6, 6.07) is 10.3. The largest absolute Gasteiger partial charge is 0.416 e. The number of rotatable bonds is 7. The van der Waals surface area contributed by atoms with Crippen LogP contribution in [0.5, 0.6) is 0 Å². The summed E-state index contributed by atoms with van der Waals surface area (Å²) >= 11 is 1.43. The summed E-state index contributed by atoms with van der Waals surface area (Å²) in [7, 11) is 0. The Bertz CT molecular complexity index is 800. The maximum Gasteiger partial charge on any atom is 0.277 e. The fourth-order valence-electron chi connectivity index (χ4n) is 2.38. The van der Waals surface area contributed by atoms with Gasteiger partial charge in [0.2, 0.25) is 11.8 Å². The molecular formula is C18H22N4O2S. The molecule has 2 aromatic heterocycles. The minimum Gasteiger partial charge on any atom is -0.416 e. The highest BCUT2D eigenvalue weighted by molar-refractivity contribution is 7.99. The molecule has 0 fully saturated rings. The van der Waals surface area contributed by atoms with Crippen molar-refractivity contribution in [2.45, 2.75) is 56.4 Å². The number of nitrogens with zero attached hydrogens (tertiary/aromatic N) is 4. The van der Waals surface area contributed by atoms with E-state index in [4.69, 9.17) is 8.94 Å². The molecule has 0 aliphatic heterocycles. The molecule has 0 radical (unpaired) electrons. The quantitative estimate of drug-likeness (QED) is 0.563. The first-order chi connectivity index (χ1) is 12.0. The molecule has 2 atom stereocenters. The molecule has 0 spiro atoms. The molecule has 7 heteroatoms. The van der Waals surface area contributed by atoms with Gasteiger partial charge >= 0.3 is 0 Å². The van der Waals surface area contributed by atoms with Gasteiger partial charge in [0.15, 0.2) is 5.82 Å². The van der Waals surface area contributed by atoms with Crippen LogP contribution in [0.1, 0.15) is 68.0 Å². The molecule has 0 N–H and O–H groups in total. The highest BCUT2D eigenvalue weighted by Crippen LogP contribution is 2.34. The van der Waals surface area contributed by atoms with Gasteiger partial charge in [-0.25, -0.2) is 0 Å². The topological polar surface area (TPSA) is 77.8 Å². The number of aromatic nitrogens is 4. The molecule has 3 rings (SSSR count). The third kappa shape index (κ3) is 4.48. The van der Waals surface area contributed by atoms with Gasteiger partial charge in [-0.1, -0.05) is 68.0 Å². The van der Waals surface area contributed by atoms with Crippen LogP contribution in [-0.4, -0.2) is 20.3 Å². The van der Waals surface area contributed by atoms with E-state index < -0.39 is 0 Å². The number of thioether (sulfide) groups is 1. The highest BCUT2D eigenvalue weighted by atomic mass is 32.2. The van der Waals surface area contributed by atoms with Gasteiger partial charge in [0, 0.05) is 12.3 Å². The van der Waals surface area contributed by atoms with Crippen molar-refractivity contribution in [1.29, 1.82) is 0 Å². The number of hydrogen-bond donors (Lipinski definition) is 0. The monoisotopic (exact) mass is 358 g/mol. The smallest absolute Gasteiger partial charge is 0.277 e. The molecule has 25 heavy (non-hydrogen) atoms. The molecule has 0 saturated carbocycles. The third-order valence-electron chi connectivity index (χ3n) is 3.90. The van der Waals surface area contributed by atoms with E-state index in [9.17, 15) is 0 Å². The van der Waals surface area contributed by atoms with E-state index >= 15 is 0 Å². The second-order valence-electron chi connectivity index (χ2n) is 6.38. The Balaban J connectivity index is 1.61. The van der Waals surface area contributed by atoms with Crippen LogP contribution in [0, 0.1) is 0 Å². The van der Waals surface area contributed by atoms with Gasteiger partial charge in [0.05, 0.1) is 5.25 Å². The van der Waals surface area contributed by atoms with Gasteiger partial charge in [0.25, 0.3) is 5.22 Å². The van der Waals surface area contributed by atoms with Crippen molar-refractivity contribution in [3.63, 3.8) is 0 Å². The first-order valence-electron chi connectivity index (χ1n) is 8.40. The number of benzene rings is 1. The van der Waals surface area contributed by atoms with Crippen molar-refractivity contribution >= 4 is 11.8 Å². The molecule has 0 aliphatic carbocycles. The van der Waals surface area contributed by atoms with E-state index in [1.165, 1.54) is 17.3 Å². The average Bonchev–Trinajstić information content (AvgIpc) is 3.25. The Morgan fingerprint density at radius 3 is 2.48 bits per heavy atom. The summed E-state index contributed by atoms with van der Waals surface area (Å²) in [6.45, 7) is 8.20. The zero-order valence-electron chi connectivity index (χ0n) is 14.8. The van der Waals surface area contributed by atoms with E-state index in [1.54, 1.807) is 0 Å². The average molecular weight is 358 g/mol. The van der Waals surface area contributed by atoms with Crippen LogP contribution in [0.4, 0.5) is 0 Å². The predicted octanol–water partition coefficient (Wildman–Crippen LogP) is 4.78. The zero-order chi connectivity index (χ0) is 17.8. The van der Waals surface area contributed by atoms with Gasteiger partial charge in [-0.05, 0) is 18.4 Å². The summed E-state index contributed by atoms with van der Waals surface area (Å²) in [5.41, 5.74) is 1.26. The lowest BCUT2D eigenvalue weighted by atomic mass is 9.98. The van der Waals surface area contributed by atoms with Crippen LogP contribution in [-0.2, 0) is 6.42 Å². The molecule has 0 aliphatic rings. The predicted molar refractivity (Wildman–Crippen MR) is 95.5 cm³/mol. The molecule has 0 amide bonds. The summed E-state index contributed by atoms with van der Waals surface area (Å²) in [5, 5.41) is 12.8. The standard InChI is InChI=1S/C18H22N4O2S/c1-11(2)16-19-17(24-22-16)13(4)25-18-21-20-15(23-18)10-12(3)14-8-6-5-7-9-14/h5-9,11-13H,10H2,1-4H3. The van der Waals surface area contributed by atoms with E-state index in [-0.39, 0.29) is 11.2 Å². The first kappa shape index (κ1) is 17.7. The normalized spacial score (nSPS) is 14.0. The van der Waals surface area contributed by atoms with Crippen molar-refractivity contribution in [1.82, 2.24) is 20.3 Å². The molecule has 2 heterocycles. The third-order valence-corrected chi connectivity index (χ3v) is 4.82. The van der Waals surface area contributed by atoms with Crippen LogP contribution >= 0.6 is 11.8 Å². The van der Waals surface area contributed by atoms with Gasteiger partial charge in [0.1, 0.15) is 0 Å². The van der Waals surface area contributed by atoms with Crippen LogP contribution in [0.15, 0.2) is 44.5 Å². The molecular weight excluding hydrogens is 336 g/mol. The van der Waals surface area contributed by atoms with Gasteiger partial charge in [-0.2, -0.15) is 4.98 Å². The summed E-state index contributed by atoms with van der Waals surface area (Å²) in [5.74, 6) is 2.49. The molecule has 2 unspecified atom stereocenters. The van der Waals surface area contributed by atoms with Gasteiger partial charge < -0.3 is 8.94 Å². The van der Waals surface area contributed by atoms with E-state index in [0.717, 1.165) is 0 Å². The molecule has 132 valence electrons. The van der Waals surface area contributed by atoms with Crippen LogP contribution in [0.2, 0.25) is 0 Å². The fraction of sp³-hybridized carbons (Fsp3) is 0.444. The van der Waals surface area contributed by atoms with Gasteiger partial charge in [-0.15, -0.1) is 10.2 Å². The molecule has 1 aromatic carbocycles. The second kappa shape index (κ2) is 7.82. The van der Waals surface area contributed by atoms with Crippen LogP contribution in [0.25, 0.3) is 0 Å². The Hall–Kier alpha value is -2.15. The lowest BCUT2D eigenvalue weighted by molar-refractivity contribution is 0.370. The van der Waals surface area contributed by atoms with E-state index in [0.29, 0.717) is 35.2 Å². The fourth-order valence-corrected chi connectivity index (χ4v) is 3.11. The highest BCUT2D eigenvalue weighted by Gasteiger charge is 2.20. The SMILES string of the molecule is CC(C)c1noc(C(C)Sc2nnc(CC(C)c3ccccc3)o2)n1. The lowest BCUT2D eigenvalue weighted by Gasteiger charge is -2.08. The zero-order valence-corrected chi connectivity index (χ0v) is 15.7. The summed E-state index contributed by atoms with van der Waals surface area (Å²) in [6.07, 6.45) is 0.712. The number of hydrogen-bond acceptors (Lipinski definition) is 7. The Kier molecular flexibility index (Phi) is 5.53. The van der Waals surface area contributed by atoms with Crippen molar-refractivity contribution in [3.8, 4) is 0 Å². The molecule has 3 aromatic rings. The molecule has 0 saturated heterocycles. The summed E-state index contributed by atoms with van der Waals surface area (Å²) in [4.78, 5) is 4.41. The second-order valence-corrected chi connectivity index (χ2v) is 7.68. The Morgan fingerprint density at radius 1 is 1.04 bits per heavy atom. The van der Waals surface area contributed by atoms with Crippen molar-refractivity contribution in [3.05, 3.63) is 53.5 Å². The lowest BCUT2D eigenvalue weighted by Crippen LogP contribution is -1.98. The maximum absolute atomic E-state index is 5.77. The van der Waals surface area contributed by atoms with Crippen molar-refractivity contribution in [2.75, 3.05) is 0 Å². The van der Waals surface area contributed by atoms with Crippen LogP contribution in [0.3, 0.4) is 0 Å². The molecule has 0 bridgehead atoms. The Morgan fingerprint density at radius 2 is 1.80 bits per heavy atom.